The van der Waals surface area contributed by atoms with Crippen LogP contribution in [0.2, 0.25) is 0 Å². The fraction of sp³-hybridized carbons (Fsp3) is 0.625. The molecule has 23 heavy (non-hydrogen) atoms. The van der Waals surface area contributed by atoms with Gasteiger partial charge in [0, 0.05) is 43.9 Å². The smallest absolute Gasteiger partial charge is 0.147 e. The van der Waals surface area contributed by atoms with Crippen LogP contribution < -0.4 is 4.90 Å². The zero-order valence-corrected chi connectivity index (χ0v) is 13.8. The average Bonchev–Trinajstić information content (AvgIpc) is 2.98. The molecule has 1 fully saturated rings. The molecule has 2 aromatic rings. The molecule has 0 N–H and O–H groups in total. The summed E-state index contributed by atoms with van der Waals surface area (Å²) in [7, 11) is 2.14. The van der Waals surface area contributed by atoms with E-state index in [0.717, 1.165) is 62.9 Å². The minimum Gasteiger partial charge on any atom is -0.356 e. The Bertz CT molecular complexity index is 687. The number of aromatic nitrogens is 5. The molecule has 7 heteroatoms. The lowest BCUT2D eigenvalue weighted by molar-refractivity contribution is 0.259. The average molecular weight is 313 g/mol. The van der Waals surface area contributed by atoms with Crippen molar-refractivity contribution in [1.29, 1.82) is 0 Å². The lowest BCUT2D eigenvalue weighted by Crippen LogP contribution is -2.36. The van der Waals surface area contributed by atoms with Crippen molar-refractivity contribution < 1.29 is 0 Å². The number of nitrogens with zero attached hydrogens (tertiary/aromatic N) is 7. The molecule has 0 atom stereocenters. The van der Waals surface area contributed by atoms with Crippen LogP contribution in [0.3, 0.4) is 0 Å². The molecule has 0 amide bonds. The third kappa shape index (κ3) is 2.81. The molecule has 0 saturated carbocycles. The summed E-state index contributed by atoms with van der Waals surface area (Å²) in [5.74, 6) is 3.86. The fourth-order valence-corrected chi connectivity index (χ4v) is 3.58. The van der Waals surface area contributed by atoms with Crippen LogP contribution in [0.15, 0.2) is 12.4 Å². The molecule has 2 aliphatic rings. The van der Waals surface area contributed by atoms with Gasteiger partial charge in [0.1, 0.15) is 23.8 Å². The van der Waals surface area contributed by atoms with Gasteiger partial charge in [0.05, 0.1) is 6.54 Å². The van der Waals surface area contributed by atoms with E-state index in [9.17, 15) is 0 Å². The number of fused-ring (bicyclic) bond motifs is 1. The summed E-state index contributed by atoms with van der Waals surface area (Å²) in [6.07, 6.45) is 3.87. The molecule has 2 aromatic heterocycles. The van der Waals surface area contributed by atoms with Gasteiger partial charge in [-0.25, -0.2) is 9.97 Å². The molecule has 1 saturated heterocycles. The molecule has 0 aromatic carbocycles. The molecular weight excluding hydrogens is 290 g/mol. The van der Waals surface area contributed by atoms with Crippen molar-refractivity contribution in [2.24, 2.45) is 0 Å². The Morgan fingerprint density at radius 1 is 1.04 bits per heavy atom. The van der Waals surface area contributed by atoms with Crippen LogP contribution in [-0.4, -0.2) is 56.3 Å². The first kappa shape index (κ1) is 14.6. The standard InChI is InChI=1S/C16H23N7/c1-12-9-14(18-11-17-12)22-5-3-13(4-6-22)16-20-19-15-10-21(2)7-8-23(15)16/h9,11,13H,3-8,10H2,1-2H3. The van der Waals surface area contributed by atoms with E-state index >= 15 is 0 Å². The number of hydrogen-bond donors (Lipinski definition) is 0. The quantitative estimate of drug-likeness (QED) is 0.830. The van der Waals surface area contributed by atoms with Crippen molar-refractivity contribution in [2.45, 2.75) is 38.8 Å². The number of hydrogen-bond acceptors (Lipinski definition) is 6. The molecule has 4 rings (SSSR count). The van der Waals surface area contributed by atoms with Gasteiger partial charge in [-0.05, 0) is 26.8 Å². The largest absolute Gasteiger partial charge is 0.356 e. The van der Waals surface area contributed by atoms with Crippen molar-refractivity contribution in [3.05, 3.63) is 29.7 Å². The Morgan fingerprint density at radius 3 is 2.65 bits per heavy atom. The summed E-state index contributed by atoms with van der Waals surface area (Å²) in [5.41, 5.74) is 1.02. The van der Waals surface area contributed by atoms with Gasteiger partial charge in [0.15, 0.2) is 0 Å². The lowest BCUT2D eigenvalue weighted by Gasteiger charge is -2.33. The third-order valence-corrected chi connectivity index (χ3v) is 4.95. The highest BCUT2D eigenvalue weighted by molar-refractivity contribution is 5.39. The Balaban J connectivity index is 1.46. The zero-order chi connectivity index (χ0) is 15.8. The van der Waals surface area contributed by atoms with Gasteiger partial charge in [-0.3, -0.25) is 4.90 Å². The number of rotatable bonds is 2. The van der Waals surface area contributed by atoms with Gasteiger partial charge in [-0.2, -0.15) is 0 Å². The predicted octanol–water partition coefficient (Wildman–Crippen LogP) is 1.21. The highest BCUT2D eigenvalue weighted by Gasteiger charge is 2.28. The van der Waals surface area contributed by atoms with Crippen LogP contribution in [0.5, 0.6) is 0 Å². The van der Waals surface area contributed by atoms with Crippen molar-refractivity contribution in [3.8, 4) is 0 Å². The normalized spacial score (nSPS) is 19.8. The molecular formula is C16H23N7. The van der Waals surface area contributed by atoms with Crippen LogP contribution in [0.1, 0.15) is 36.1 Å². The second-order valence-electron chi connectivity index (χ2n) is 6.64. The summed E-state index contributed by atoms with van der Waals surface area (Å²) in [6, 6.07) is 2.06. The van der Waals surface area contributed by atoms with Crippen LogP contribution in [-0.2, 0) is 13.1 Å². The Hall–Kier alpha value is -2.02. The second kappa shape index (κ2) is 5.88. The molecule has 0 unspecified atom stereocenters. The van der Waals surface area contributed by atoms with Crippen LogP contribution >= 0.6 is 0 Å². The van der Waals surface area contributed by atoms with Crippen LogP contribution in [0, 0.1) is 6.92 Å². The van der Waals surface area contributed by atoms with E-state index in [1.165, 1.54) is 5.82 Å². The van der Waals surface area contributed by atoms with Gasteiger partial charge < -0.3 is 9.47 Å². The number of aryl methyl sites for hydroxylation is 1. The van der Waals surface area contributed by atoms with Crippen molar-refractivity contribution in [2.75, 3.05) is 31.6 Å². The molecule has 122 valence electrons. The highest BCUT2D eigenvalue weighted by Crippen LogP contribution is 2.30. The van der Waals surface area contributed by atoms with E-state index in [1.807, 2.05) is 6.92 Å². The summed E-state index contributed by atoms with van der Waals surface area (Å²) < 4.78 is 2.34. The maximum atomic E-state index is 4.51. The molecule has 0 bridgehead atoms. The minimum atomic E-state index is 0.513. The topological polar surface area (TPSA) is 63.0 Å². The first-order chi connectivity index (χ1) is 11.2. The van der Waals surface area contributed by atoms with Gasteiger partial charge in [-0.1, -0.05) is 0 Å². The third-order valence-electron chi connectivity index (χ3n) is 4.95. The van der Waals surface area contributed by atoms with E-state index in [4.69, 9.17) is 0 Å². The Kier molecular flexibility index (Phi) is 3.72. The Labute approximate surface area is 136 Å². The van der Waals surface area contributed by atoms with Crippen molar-refractivity contribution in [3.63, 3.8) is 0 Å². The maximum Gasteiger partial charge on any atom is 0.147 e. The van der Waals surface area contributed by atoms with Gasteiger partial charge >= 0.3 is 0 Å². The maximum absolute atomic E-state index is 4.51. The zero-order valence-electron chi connectivity index (χ0n) is 13.8. The van der Waals surface area contributed by atoms with E-state index in [0.29, 0.717) is 5.92 Å². The highest BCUT2D eigenvalue weighted by atomic mass is 15.3. The Morgan fingerprint density at radius 2 is 1.87 bits per heavy atom. The van der Waals surface area contributed by atoms with Crippen molar-refractivity contribution in [1.82, 2.24) is 29.6 Å². The molecule has 0 aliphatic carbocycles. The lowest BCUT2D eigenvalue weighted by atomic mass is 9.95. The fourth-order valence-electron chi connectivity index (χ4n) is 3.58. The first-order valence-electron chi connectivity index (χ1n) is 8.35. The molecule has 2 aliphatic heterocycles. The predicted molar refractivity (Wildman–Crippen MR) is 87.3 cm³/mol. The summed E-state index contributed by atoms with van der Waals surface area (Å²) in [5, 5.41) is 8.92. The SMILES string of the molecule is Cc1cc(N2CCC(c3nnc4n3CCN(C)C4)CC2)ncn1. The van der Waals surface area contributed by atoms with Crippen molar-refractivity contribution >= 4 is 5.82 Å². The monoisotopic (exact) mass is 313 g/mol. The molecule has 7 nitrogen and oxygen atoms in total. The number of likely N-dealkylation sites (N-methyl/N-ethyl adjacent to an activating group) is 1. The molecule has 4 heterocycles. The van der Waals surface area contributed by atoms with E-state index in [1.54, 1.807) is 6.33 Å². The summed E-state index contributed by atoms with van der Waals surface area (Å²) in [6.45, 7) is 7.05. The van der Waals surface area contributed by atoms with Gasteiger partial charge in [0.2, 0.25) is 0 Å². The van der Waals surface area contributed by atoms with Crippen LogP contribution in [0.4, 0.5) is 5.82 Å². The van der Waals surface area contributed by atoms with E-state index < -0.39 is 0 Å². The van der Waals surface area contributed by atoms with Gasteiger partial charge in [0.25, 0.3) is 0 Å². The summed E-state index contributed by atoms with van der Waals surface area (Å²) >= 11 is 0. The van der Waals surface area contributed by atoms with Crippen LogP contribution in [0.25, 0.3) is 0 Å². The molecule has 0 radical (unpaired) electrons. The molecule has 0 spiro atoms. The summed E-state index contributed by atoms with van der Waals surface area (Å²) in [4.78, 5) is 13.2. The van der Waals surface area contributed by atoms with Gasteiger partial charge in [-0.15, -0.1) is 10.2 Å². The van der Waals surface area contributed by atoms with E-state index in [-0.39, 0.29) is 0 Å². The minimum absolute atomic E-state index is 0.513. The number of piperidine rings is 1. The van der Waals surface area contributed by atoms with E-state index in [2.05, 4.69) is 47.6 Å². The first-order valence-corrected chi connectivity index (χ1v) is 8.35. The second-order valence-corrected chi connectivity index (χ2v) is 6.64. The number of anilines is 1.